The number of rotatable bonds is 4. The lowest BCUT2D eigenvalue weighted by Crippen LogP contribution is -2.14. The average molecular weight is 258 g/mol. The number of benzene rings is 1. The van der Waals surface area contributed by atoms with Crippen LogP contribution in [0.5, 0.6) is 0 Å². The lowest BCUT2D eigenvalue weighted by atomic mass is 10.2. The molecule has 6 nitrogen and oxygen atoms in total. The normalized spacial score (nSPS) is 10.2. The SMILES string of the molecule is COCc1cccc(NC(=O)c2ccc(N)nn2)c1. The van der Waals surface area contributed by atoms with Crippen LogP contribution in [0.15, 0.2) is 36.4 Å². The summed E-state index contributed by atoms with van der Waals surface area (Å²) in [5.74, 6) is -0.0549. The van der Waals surface area contributed by atoms with E-state index in [0.717, 1.165) is 5.56 Å². The van der Waals surface area contributed by atoms with Gasteiger partial charge in [0.2, 0.25) is 0 Å². The van der Waals surface area contributed by atoms with Crippen molar-refractivity contribution in [2.75, 3.05) is 18.2 Å². The van der Waals surface area contributed by atoms with Crippen LogP contribution >= 0.6 is 0 Å². The molecule has 0 aliphatic carbocycles. The molecule has 0 aliphatic rings. The van der Waals surface area contributed by atoms with Crippen molar-refractivity contribution in [2.45, 2.75) is 6.61 Å². The first-order valence-electron chi connectivity index (χ1n) is 5.67. The molecular formula is C13H14N4O2. The van der Waals surface area contributed by atoms with E-state index in [9.17, 15) is 4.79 Å². The molecule has 0 spiro atoms. The Balaban J connectivity index is 2.10. The molecule has 1 aromatic heterocycles. The second kappa shape index (κ2) is 5.92. The Bertz CT molecular complexity index is 569. The quantitative estimate of drug-likeness (QED) is 0.866. The zero-order valence-electron chi connectivity index (χ0n) is 10.5. The molecule has 0 bridgehead atoms. The van der Waals surface area contributed by atoms with Gasteiger partial charge in [-0.3, -0.25) is 4.79 Å². The topological polar surface area (TPSA) is 90.1 Å². The number of nitrogens with one attached hydrogen (secondary N) is 1. The molecular weight excluding hydrogens is 244 g/mol. The van der Waals surface area contributed by atoms with Crippen LogP contribution in [0.1, 0.15) is 16.1 Å². The van der Waals surface area contributed by atoms with Crippen molar-refractivity contribution in [3.05, 3.63) is 47.7 Å². The third-order valence-corrected chi connectivity index (χ3v) is 2.41. The lowest BCUT2D eigenvalue weighted by molar-refractivity contribution is 0.102. The Kier molecular flexibility index (Phi) is 4.04. The van der Waals surface area contributed by atoms with E-state index in [-0.39, 0.29) is 17.4 Å². The molecule has 3 N–H and O–H groups in total. The molecule has 0 radical (unpaired) electrons. The summed E-state index contributed by atoms with van der Waals surface area (Å²) in [6, 6.07) is 10.5. The maximum absolute atomic E-state index is 11.9. The van der Waals surface area contributed by atoms with Crippen LogP contribution < -0.4 is 11.1 Å². The minimum Gasteiger partial charge on any atom is -0.382 e. The van der Waals surface area contributed by atoms with Gasteiger partial charge in [0.25, 0.3) is 5.91 Å². The number of ether oxygens (including phenoxy) is 1. The fourth-order valence-electron chi connectivity index (χ4n) is 1.56. The minimum absolute atomic E-state index is 0.214. The van der Waals surface area contributed by atoms with Crippen molar-refractivity contribution in [1.82, 2.24) is 10.2 Å². The summed E-state index contributed by atoms with van der Waals surface area (Å²) in [6.45, 7) is 0.491. The second-order valence-corrected chi connectivity index (χ2v) is 3.93. The molecule has 0 saturated heterocycles. The number of methoxy groups -OCH3 is 1. The van der Waals surface area contributed by atoms with Gasteiger partial charge in [-0.2, -0.15) is 0 Å². The molecule has 1 heterocycles. The molecule has 0 saturated carbocycles. The van der Waals surface area contributed by atoms with E-state index >= 15 is 0 Å². The van der Waals surface area contributed by atoms with Crippen molar-refractivity contribution >= 4 is 17.4 Å². The highest BCUT2D eigenvalue weighted by molar-refractivity contribution is 6.02. The first-order chi connectivity index (χ1) is 9.19. The zero-order valence-corrected chi connectivity index (χ0v) is 10.5. The molecule has 2 rings (SSSR count). The van der Waals surface area contributed by atoms with Gasteiger partial charge in [0, 0.05) is 12.8 Å². The van der Waals surface area contributed by atoms with Crippen LogP contribution in [0.4, 0.5) is 11.5 Å². The number of hydrogen-bond acceptors (Lipinski definition) is 5. The van der Waals surface area contributed by atoms with Gasteiger partial charge in [-0.1, -0.05) is 12.1 Å². The van der Waals surface area contributed by atoms with Gasteiger partial charge in [-0.25, -0.2) is 0 Å². The van der Waals surface area contributed by atoms with E-state index in [2.05, 4.69) is 15.5 Å². The number of carbonyl (C=O) groups is 1. The van der Waals surface area contributed by atoms with E-state index in [1.165, 1.54) is 12.1 Å². The highest BCUT2D eigenvalue weighted by Crippen LogP contribution is 2.12. The molecule has 19 heavy (non-hydrogen) atoms. The molecule has 1 aromatic carbocycles. The van der Waals surface area contributed by atoms with E-state index in [4.69, 9.17) is 10.5 Å². The molecule has 0 fully saturated rings. The number of anilines is 2. The first-order valence-corrected chi connectivity index (χ1v) is 5.67. The summed E-state index contributed by atoms with van der Waals surface area (Å²) in [4.78, 5) is 11.9. The van der Waals surface area contributed by atoms with Crippen LogP contribution in [-0.4, -0.2) is 23.2 Å². The molecule has 1 amide bonds. The van der Waals surface area contributed by atoms with Crippen LogP contribution in [0.25, 0.3) is 0 Å². The molecule has 0 unspecified atom stereocenters. The molecule has 0 aliphatic heterocycles. The summed E-state index contributed by atoms with van der Waals surface area (Å²) in [6.07, 6.45) is 0. The predicted molar refractivity (Wildman–Crippen MR) is 71.6 cm³/mol. The number of nitrogens with zero attached hydrogens (tertiary/aromatic N) is 2. The number of aromatic nitrogens is 2. The largest absolute Gasteiger partial charge is 0.382 e. The Labute approximate surface area is 110 Å². The monoisotopic (exact) mass is 258 g/mol. The van der Waals surface area contributed by atoms with Crippen molar-refractivity contribution in [3.63, 3.8) is 0 Å². The van der Waals surface area contributed by atoms with Gasteiger partial charge < -0.3 is 15.8 Å². The Hall–Kier alpha value is -2.47. The summed E-state index contributed by atoms with van der Waals surface area (Å²) >= 11 is 0. The fraction of sp³-hybridized carbons (Fsp3) is 0.154. The van der Waals surface area contributed by atoms with Gasteiger partial charge in [0.05, 0.1) is 6.61 Å². The van der Waals surface area contributed by atoms with Gasteiger partial charge in [-0.15, -0.1) is 10.2 Å². The number of hydrogen-bond donors (Lipinski definition) is 2. The van der Waals surface area contributed by atoms with Crippen molar-refractivity contribution in [1.29, 1.82) is 0 Å². The van der Waals surface area contributed by atoms with E-state index in [1.807, 2.05) is 18.2 Å². The number of amides is 1. The highest BCUT2D eigenvalue weighted by atomic mass is 16.5. The highest BCUT2D eigenvalue weighted by Gasteiger charge is 2.08. The summed E-state index contributed by atoms with van der Waals surface area (Å²) in [5, 5.41) is 10.1. The van der Waals surface area contributed by atoms with Gasteiger partial charge in [0.1, 0.15) is 5.82 Å². The molecule has 98 valence electrons. The van der Waals surface area contributed by atoms with Crippen molar-refractivity contribution in [3.8, 4) is 0 Å². The van der Waals surface area contributed by atoms with Crippen LogP contribution in [-0.2, 0) is 11.3 Å². The van der Waals surface area contributed by atoms with E-state index < -0.39 is 0 Å². The van der Waals surface area contributed by atoms with Gasteiger partial charge >= 0.3 is 0 Å². The maximum Gasteiger partial charge on any atom is 0.276 e. The first kappa shape index (κ1) is 13.0. The number of nitrogen functional groups attached to an aromatic ring is 1. The number of carbonyl (C=O) groups excluding carboxylic acids is 1. The molecule has 6 heteroatoms. The van der Waals surface area contributed by atoms with Crippen molar-refractivity contribution in [2.24, 2.45) is 0 Å². The number of nitrogens with two attached hydrogens (primary N) is 1. The molecule has 2 aromatic rings. The standard InChI is InChI=1S/C13H14N4O2/c1-19-8-9-3-2-4-10(7-9)15-13(18)11-5-6-12(14)17-16-11/h2-7H,8H2,1H3,(H2,14,17)(H,15,18). The maximum atomic E-state index is 11.9. The third kappa shape index (κ3) is 3.49. The average Bonchev–Trinajstić information content (AvgIpc) is 2.40. The smallest absolute Gasteiger partial charge is 0.276 e. The van der Waals surface area contributed by atoms with E-state index in [0.29, 0.717) is 12.3 Å². The third-order valence-electron chi connectivity index (χ3n) is 2.41. The van der Waals surface area contributed by atoms with Crippen LogP contribution in [0.3, 0.4) is 0 Å². The zero-order chi connectivity index (χ0) is 13.7. The second-order valence-electron chi connectivity index (χ2n) is 3.93. The Morgan fingerprint density at radius 1 is 1.32 bits per heavy atom. The molecule has 0 atom stereocenters. The van der Waals surface area contributed by atoms with Crippen LogP contribution in [0, 0.1) is 0 Å². The summed E-state index contributed by atoms with van der Waals surface area (Å²) < 4.78 is 5.04. The van der Waals surface area contributed by atoms with Crippen molar-refractivity contribution < 1.29 is 9.53 Å². The van der Waals surface area contributed by atoms with Gasteiger partial charge in [0.15, 0.2) is 5.69 Å². The Morgan fingerprint density at radius 3 is 2.84 bits per heavy atom. The lowest BCUT2D eigenvalue weighted by Gasteiger charge is -2.06. The minimum atomic E-state index is -0.331. The van der Waals surface area contributed by atoms with E-state index in [1.54, 1.807) is 13.2 Å². The Morgan fingerprint density at radius 2 is 2.16 bits per heavy atom. The summed E-state index contributed by atoms with van der Waals surface area (Å²) in [7, 11) is 1.62. The summed E-state index contributed by atoms with van der Waals surface area (Å²) in [5.41, 5.74) is 7.28. The fourth-order valence-corrected chi connectivity index (χ4v) is 1.56. The van der Waals surface area contributed by atoms with Gasteiger partial charge in [-0.05, 0) is 29.8 Å². The van der Waals surface area contributed by atoms with Crippen LogP contribution in [0.2, 0.25) is 0 Å². The predicted octanol–water partition coefficient (Wildman–Crippen LogP) is 1.46.